The number of halogens is 2. The van der Waals surface area contributed by atoms with E-state index in [0.29, 0.717) is 11.7 Å². The Morgan fingerprint density at radius 2 is 2.09 bits per heavy atom. The van der Waals surface area contributed by atoms with Gasteiger partial charge in [0.25, 0.3) is 0 Å². The van der Waals surface area contributed by atoms with Crippen LogP contribution in [0.4, 0.5) is 4.39 Å². The molecule has 124 valence electrons. The van der Waals surface area contributed by atoms with Crippen LogP contribution in [0.25, 0.3) is 0 Å². The van der Waals surface area contributed by atoms with Crippen LogP contribution in [0.3, 0.4) is 0 Å². The van der Waals surface area contributed by atoms with Gasteiger partial charge in [-0.2, -0.15) is 5.10 Å². The third-order valence-electron chi connectivity index (χ3n) is 4.56. The van der Waals surface area contributed by atoms with Crippen molar-refractivity contribution in [3.05, 3.63) is 52.1 Å². The fourth-order valence-electron chi connectivity index (χ4n) is 3.41. The second-order valence-electron chi connectivity index (χ2n) is 6.13. The molecule has 0 amide bonds. The number of aliphatic hydroxyl groups is 1. The summed E-state index contributed by atoms with van der Waals surface area (Å²) in [6.45, 7) is 3.38. The van der Waals surface area contributed by atoms with Gasteiger partial charge in [0.05, 0.1) is 11.8 Å². The lowest BCUT2D eigenvalue weighted by atomic mass is 10.0. The highest BCUT2D eigenvalue weighted by Crippen LogP contribution is 2.38. The molecule has 0 saturated carbocycles. The maximum absolute atomic E-state index is 13.0. The van der Waals surface area contributed by atoms with Gasteiger partial charge < -0.3 is 5.11 Å². The molecule has 1 N–H and O–H groups in total. The molecule has 1 saturated heterocycles. The average molecular weight is 338 g/mol. The van der Waals surface area contributed by atoms with Crippen molar-refractivity contribution in [2.45, 2.75) is 31.9 Å². The van der Waals surface area contributed by atoms with Crippen LogP contribution in [0.5, 0.6) is 0 Å². The molecule has 6 heteroatoms. The van der Waals surface area contributed by atoms with Crippen molar-refractivity contribution in [3.8, 4) is 0 Å². The van der Waals surface area contributed by atoms with Crippen molar-refractivity contribution in [2.24, 2.45) is 7.05 Å². The maximum atomic E-state index is 13.0. The van der Waals surface area contributed by atoms with Crippen molar-refractivity contribution in [1.29, 1.82) is 0 Å². The van der Waals surface area contributed by atoms with Gasteiger partial charge in [0.2, 0.25) is 0 Å². The van der Waals surface area contributed by atoms with Gasteiger partial charge in [0.1, 0.15) is 11.0 Å². The van der Waals surface area contributed by atoms with E-state index in [-0.39, 0.29) is 11.9 Å². The molecule has 0 bridgehead atoms. The van der Waals surface area contributed by atoms with Crippen molar-refractivity contribution in [3.63, 3.8) is 0 Å². The first-order valence-electron chi connectivity index (χ1n) is 7.84. The van der Waals surface area contributed by atoms with Crippen LogP contribution in [0.1, 0.15) is 41.8 Å². The minimum absolute atomic E-state index is 0.172. The van der Waals surface area contributed by atoms with E-state index in [4.69, 9.17) is 11.6 Å². The Kier molecular flexibility index (Phi) is 4.71. The second kappa shape index (κ2) is 6.59. The van der Waals surface area contributed by atoms with Crippen LogP contribution >= 0.6 is 11.6 Å². The molecule has 1 fully saturated rings. The van der Waals surface area contributed by atoms with E-state index < -0.39 is 6.10 Å². The fourth-order valence-corrected chi connectivity index (χ4v) is 3.71. The molecule has 2 aromatic rings. The van der Waals surface area contributed by atoms with Crippen molar-refractivity contribution >= 4 is 11.6 Å². The average Bonchev–Trinajstić information content (AvgIpc) is 3.04. The van der Waals surface area contributed by atoms with Crippen LogP contribution < -0.4 is 0 Å². The normalized spacial score (nSPS) is 20.1. The molecule has 3 rings (SSSR count). The highest BCUT2D eigenvalue weighted by molar-refractivity contribution is 6.30. The quantitative estimate of drug-likeness (QED) is 0.929. The summed E-state index contributed by atoms with van der Waals surface area (Å²) in [4.78, 5) is 2.24. The van der Waals surface area contributed by atoms with Gasteiger partial charge in [-0.15, -0.1) is 0 Å². The number of aromatic nitrogens is 2. The number of rotatable bonds is 4. The summed E-state index contributed by atoms with van der Waals surface area (Å²) in [7, 11) is 1.84. The van der Waals surface area contributed by atoms with Gasteiger partial charge in [-0.3, -0.25) is 9.58 Å². The highest BCUT2D eigenvalue weighted by atomic mass is 35.5. The first-order valence-corrected chi connectivity index (χ1v) is 8.21. The lowest BCUT2D eigenvalue weighted by Gasteiger charge is -2.27. The molecule has 2 atom stereocenters. The van der Waals surface area contributed by atoms with E-state index in [1.807, 2.05) is 14.0 Å². The van der Waals surface area contributed by atoms with Crippen molar-refractivity contribution in [1.82, 2.24) is 14.7 Å². The molecule has 23 heavy (non-hydrogen) atoms. The minimum atomic E-state index is -0.646. The molecular weight excluding hydrogens is 317 g/mol. The van der Waals surface area contributed by atoms with Gasteiger partial charge >= 0.3 is 0 Å². The van der Waals surface area contributed by atoms with Crippen LogP contribution in [0.15, 0.2) is 24.3 Å². The van der Waals surface area contributed by atoms with Gasteiger partial charge in [-0.1, -0.05) is 23.7 Å². The molecule has 2 heterocycles. The number of likely N-dealkylation sites (tertiary alicyclic amines) is 1. The van der Waals surface area contributed by atoms with E-state index in [1.54, 1.807) is 16.8 Å². The number of hydrogen-bond donors (Lipinski definition) is 1. The number of aliphatic hydroxyl groups excluding tert-OH is 1. The minimum Gasteiger partial charge on any atom is -0.387 e. The third kappa shape index (κ3) is 3.27. The predicted molar refractivity (Wildman–Crippen MR) is 87.9 cm³/mol. The summed E-state index contributed by atoms with van der Waals surface area (Å²) in [5, 5.41) is 15.5. The van der Waals surface area contributed by atoms with Crippen molar-refractivity contribution < 1.29 is 9.50 Å². The Bertz CT molecular complexity index is 686. The monoisotopic (exact) mass is 337 g/mol. The van der Waals surface area contributed by atoms with Crippen LogP contribution in [0.2, 0.25) is 5.15 Å². The molecule has 1 aromatic carbocycles. The summed E-state index contributed by atoms with van der Waals surface area (Å²) in [5.41, 5.74) is 2.72. The smallest absolute Gasteiger partial charge is 0.131 e. The molecule has 0 unspecified atom stereocenters. The lowest BCUT2D eigenvalue weighted by molar-refractivity contribution is 0.106. The van der Waals surface area contributed by atoms with E-state index >= 15 is 0 Å². The Balaban J connectivity index is 1.78. The van der Waals surface area contributed by atoms with Crippen LogP contribution in [-0.4, -0.2) is 32.9 Å². The van der Waals surface area contributed by atoms with Crippen LogP contribution in [0, 0.1) is 12.7 Å². The number of nitrogens with zero attached hydrogens (tertiary/aromatic N) is 3. The number of β-amino-alcohol motifs (C(OH)–C–C–N with tert-alkyl or cyclic N) is 1. The highest BCUT2D eigenvalue weighted by Gasteiger charge is 2.32. The third-order valence-corrected chi connectivity index (χ3v) is 5.00. The zero-order valence-corrected chi connectivity index (χ0v) is 14.1. The summed E-state index contributed by atoms with van der Waals surface area (Å²) in [6, 6.07) is 6.19. The van der Waals surface area contributed by atoms with Gasteiger partial charge in [-0.05, 0) is 44.0 Å². The Hall–Kier alpha value is -1.43. The summed E-state index contributed by atoms with van der Waals surface area (Å²) in [6.07, 6.45) is 1.42. The summed E-state index contributed by atoms with van der Waals surface area (Å²) < 4.78 is 14.7. The number of aryl methyl sites for hydroxylation is 2. The standard InChI is InChI=1S/C17H21ClFN3O/c1-11-16(17(18)21(2)20-11)14-4-3-9-22(14)10-15(23)12-5-7-13(19)8-6-12/h5-8,14-15,23H,3-4,9-10H2,1-2H3/t14-,15-/m1/s1. The number of benzene rings is 1. The first kappa shape index (κ1) is 16.4. The van der Waals surface area contributed by atoms with Crippen LogP contribution in [-0.2, 0) is 7.05 Å². The largest absolute Gasteiger partial charge is 0.387 e. The molecule has 4 nitrogen and oxygen atoms in total. The molecule has 1 aliphatic heterocycles. The fraction of sp³-hybridized carbons (Fsp3) is 0.471. The maximum Gasteiger partial charge on any atom is 0.131 e. The molecular formula is C17H21ClFN3O. The zero-order chi connectivity index (χ0) is 16.6. The lowest BCUT2D eigenvalue weighted by Crippen LogP contribution is -2.28. The van der Waals surface area contributed by atoms with E-state index in [0.717, 1.165) is 36.2 Å². The first-order chi connectivity index (χ1) is 11.0. The van der Waals surface area contributed by atoms with E-state index in [2.05, 4.69) is 10.00 Å². The van der Waals surface area contributed by atoms with Gasteiger partial charge in [0, 0.05) is 25.2 Å². The Morgan fingerprint density at radius 3 is 2.70 bits per heavy atom. The second-order valence-corrected chi connectivity index (χ2v) is 6.49. The Labute approximate surface area is 140 Å². The zero-order valence-electron chi connectivity index (χ0n) is 13.3. The topological polar surface area (TPSA) is 41.3 Å². The van der Waals surface area contributed by atoms with Gasteiger partial charge in [0.15, 0.2) is 0 Å². The Morgan fingerprint density at radius 1 is 1.39 bits per heavy atom. The molecule has 1 aliphatic rings. The predicted octanol–water partition coefficient (Wildman–Crippen LogP) is 3.39. The van der Waals surface area contributed by atoms with E-state index in [1.165, 1.54) is 12.1 Å². The SMILES string of the molecule is Cc1nn(C)c(Cl)c1[C@H]1CCCN1C[C@@H](O)c1ccc(F)cc1. The molecule has 1 aromatic heterocycles. The molecule has 0 spiro atoms. The summed E-state index contributed by atoms with van der Waals surface area (Å²) in [5.74, 6) is -0.294. The van der Waals surface area contributed by atoms with Crippen molar-refractivity contribution in [2.75, 3.05) is 13.1 Å². The molecule has 0 radical (unpaired) electrons. The molecule has 0 aliphatic carbocycles. The number of hydrogen-bond acceptors (Lipinski definition) is 3. The summed E-state index contributed by atoms with van der Waals surface area (Å²) >= 11 is 6.40. The van der Waals surface area contributed by atoms with E-state index in [9.17, 15) is 9.50 Å². The van der Waals surface area contributed by atoms with Gasteiger partial charge in [-0.25, -0.2) is 4.39 Å².